The zero-order chi connectivity index (χ0) is 22.8. The Kier molecular flexibility index (Phi) is 11.8. The van der Waals surface area contributed by atoms with E-state index in [0.717, 1.165) is 12.5 Å². The average molecular weight is 680 g/mol. The highest BCUT2D eigenvalue weighted by molar-refractivity contribution is 9.15. The van der Waals surface area contributed by atoms with Gasteiger partial charge in [0.25, 0.3) is 0 Å². The van der Waals surface area contributed by atoms with Crippen molar-refractivity contribution in [1.29, 1.82) is 0 Å². The largest absolute Gasteiger partial charge is 0.478 e. The molecule has 1 aromatic carbocycles. The van der Waals surface area contributed by atoms with E-state index in [9.17, 15) is 19.2 Å². The predicted octanol–water partition coefficient (Wildman–Crippen LogP) is 5.03. The molecule has 0 radical (unpaired) electrons. The molecule has 1 rings (SSSR count). The minimum Gasteiger partial charge on any atom is -0.478 e. The standard InChI is InChI=1S/C18H16Br4O8/c1-2-3-6-29-17(26)11-12(14(20)16(22)15(21)13(11)19)18(27)30-8-7-28-10(25)5-4-9(23)24/h4-5H,2-3,6-8H2,1H3,(H,23,24)/b5-4-. The summed E-state index contributed by atoms with van der Waals surface area (Å²) in [5.74, 6) is -3.76. The average Bonchev–Trinajstić information content (AvgIpc) is 2.70. The Morgan fingerprint density at radius 1 is 0.767 bits per heavy atom. The zero-order valence-corrected chi connectivity index (χ0v) is 21.9. The van der Waals surface area contributed by atoms with Crippen molar-refractivity contribution < 1.29 is 38.5 Å². The summed E-state index contributed by atoms with van der Waals surface area (Å²) in [5.41, 5.74) is -0.102. The van der Waals surface area contributed by atoms with Gasteiger partial charge in [0.1, 0.15) is 13.2 Å². The molecule has 8 nitrogen and oxygen atoms in total. The minimum atomic E-state index is -1.30. The van der Waals surface area contributed by atoms with Crippen molar-refractivity contribution in [2.45, 2.75) is 19.8 Å². The van der Waals surface area contributed by atoms with Crippen LogP contribution in [0.15, 0.2) is 30.0 Å². The molecule has 0 aliphatic heterocycles. The van der Waals surface area contributed by atoms with E-state index < -0.39 is 23.9 Å². The van der Waals surface area contributed by atoms with E-state index in [4.69, 9.17) is 19.3 Å². The summed E-state index contributed by atoms with van der Waals surface area (Å²) in [6, 6.07) is 0. The number of carboxylic acids is 1. The minimum absolute atomic E-state index is 0.0283. The van der Waals surface area contributed by atoms with E-state index in [1.165, 1.54) is 0 Å². The third-order valence-electron chi connectivity index (χ3n) is 3.33. The van der Waals surface area contributed by atoms with Gasteiger partial charge in [0.2, 0.25) is 0 Å². The van der Waals surface area contributed by atoms with E-state index in [2.05, 4.69) is 63.7 Å². The van der Waals surface area contributed by atoms with Crippen molar-refractivity contribution in [3.8, 4) is 0 Å². The Labute approximate surface area is 205 Å². The van der Waals surface area contributed by atoms with Gasteiger partial charge in [-0.25, -0.2) is 19.2 Å². The molecule has 0 bridgehead atoms. The molecule has 164 valence electrons. The lowest BCUT2D eigenvalue weighted by Gasteiger charge is -2.16. The van der Waals surface area contributed by atoms with Gasteiger partial charge in [0, 0.05) is 30.0 Å². The first-order valence-electron chi connectivity index (χ1n) is 8.39. The fourth-order valence-electron chi connectivity index (χ4n) is 1.93. The lowest BCUT2D eigenvalue weighted by Crippen LogP contribution is -2.19. The van der Waals surface area contributed by atoms with Crippen LogP contribution in [0.4, 0.5) is 0 Å². The molecular weight excluding hydrogens is 664 g/mol. The van der Waals surface area contributed by atoms with Gasteiger partial charge in [0.05, 0.1) is 17.7 Å². The van der Waals surface area contributed by atoms with Crippen LogP contribution in [0.3, 0.4) is 0 Å². The van der Waals surface area contributed by atoms with Crippen LogP contribution in [-0.2, 0) is 23.8 Å². The van der Waals surface area contributed by atoms with E-state index in [1.807, 2.05) is 6.92 Å². The Hall–Kier alpha value is -1.24. The highest BCUT2D eigenvalue weighted by Gasteiger charge is 2.30. The first kappa shape index (κ1) is 26.8. The Morgan fingerprint density at radius 3 is 1.70 bits per heavy atom. The molecule has 0 aromatic heterocycles. The highest BCUT2D eigenvalue weighted by Crippen LogP contribution is 2.42. The van der Waals surface area contributed by atoms with Crippen LogP contribution in [0.25, 0.3) is 0 Å². The number of unbranched alkanes of at least 4 members (excludes halogenated alkanes) is 1. The fraction of sp³-hybridized carbons (Fsp3) is 0.333. The van der Waals surface area contributed by atoms with E-state index in [0.29, 0.717) is 25.9 Å². The van der Waals surface area contributed by atoms with Crippen LogP contribution in [0.2, 0.25) is 0 Å². The first-order valence-corrected chi connectivity index (χ1v) is 11.6. The number of hydrogen-bond acceptors (Lipinski definition) is 7. The molecule has 0 heterocycles. The predicted molar refractivity (Wildman–Crippen MR) is 120 cm³/mol. The van der Waals surface area contributed by atoms with Gasteiger partial charge >= 0.3 is 23.9 Å². The Morgan fingerprint density at radius 2 is 1.23 bits per heavy atom. The number of esters is 3. The quantitative estimate of drug-likeness (QED) is 0.0915. The number of benzene rings is 1. The number of rotatable bonds is 10. The third kappa shape index (κ3) is 7.78. The molecule has 0 saturated carbocycles. The van der Waals surface area contributed by atoms with Crippen LogP contribution in [-0.4, -0.2) is 48.8 Å². The molecule has 1 N–H and O–H groups in total. The van der Waals surface area contributed by atoms with E-state index in [-0.39, 0.29) is 35.4 Å². The summed E-state index contributed by atoms with van der Waals surface area (Å²) in [5, 5.41) is 8.44. The third-order valence-corrected chi connectivity index (χ3v) is 8.10. The molecule has 0 unspecified atom stereocenters. The number of carboxylic acid groups (broad SMARTS) is 1. The molecule has 0 aliphatic rings. The van der Waals surface area contributed by atoms with Crippen molar-refractivity contribution in [3.05, 3.63) is 41.2 Å². The van der Waals surface area contributed by atoms with Gasteiger partial charge in [-0.05, 0) is 70.1 Å². The molecule has 30 heavy (non-hydrogen) atoms. The number of hydrogen-bond donors (Lipinski definition) is 1. The zero-order valence-electron chi connectivity index (χ0n) is 15.5. The van der Waals surface area contributed by atoms with Crippen molar-refractivity contribution in [1.82, 2.24) is 0 Å². The maximum absolute atomic E-state index is 12.6. The Bertz CT molecular complexity index is 866. The summed E-state index contributed by atoms with van der Waals surface area (Å²) in [4.78, 5) is 46.9. The second-order valence-electron chi connectivity index (χ2n) is 5.47. The summed E-state index contributed by atoms with van der Waals surface area (Å²) >= 11 is 13.2. The Balaban J connectivity index is 2.97. The number of carbonyl (C=O) groups excluding carboxylic acids is 3. The van der Waals surface area contributed by atoms with Crippen LogP contribution in [0.1, 0.15) is 40.5 Å². The maximum Gasteiger partial charge on any atom is 0.340 e. The first-order chi connectivity index (χ1) is 14.1. The number of halogens is 4. The molecule has 12 heteroatoms. The number of ether oxygens (including phenoxy) is 3. The van der Waals surface area contributed by atoms with Crippen LogP contribution >= 0.6 is 63.7 Å². The molecule has 1 aromatic rings. The van der Waals surface area contributed by atoms with Crippen molar-refractivity contribution in [2.75, 3.05) is 19.8 Å². The number of aliphatic carboxylic acids is 1. The van der Waals surface area contributed by atoms with Gasteiger partial charge in [-0.1, -0.05) is 13.3 Å². The monoisotopic (exact) mass is 676 g/mol. The lowest BCUT2D eigenvalue weighted by molar-refractivity contribution is -0.139. The molecule has 0 atom stereocenters. The highest BCUT2D eigenvalue weighted by atomic mass is 79.9. The van der Waals surface area contributed by atoms with Gasteiger partial charge < -0.3 is 19.3 Å². The topological polar surface area (TPSA) is 116 Å². The summed E-state index contributed by atoms with van der Waals surface area (Å²) in [7, 11) is 0. The van der Waals surface area contributed by atoms with Crippen LogP contribution < -0.4 is 0 Å². The van der Waals surface area contributed by atoms with Crippen LogP contribution in [0.5, 0.6) is 0 Å². The van der Waals surface area contributed by atoms with E-state index >= 15 is 0 Å². The lowest BCUT2D eigenvalue weighted by atomic mass is 10.1. The molecule has 0 amide bonds. The molecule has 0 spiro atoms. The fourth-order valence-corrected chi connectivity index (χ4v) is 4.37. The molecule has 0 fully saturated rings. The second kappa shape index (κ2) is 13.2. The van der Waals surface area contributed by atoms with Crippen LogP contribution in [0, 0.1) is 0 Å². The smallest absolute Gasteiger partial charge is 0.340 e. The molecular formula is C18H16Br4O8. The summed E-state index contributed by atoms with van der Waals surface area (Å²) < 4.78 is 16.6. The summed E-state index contributed by atoms with van der Waals surface area (Å²) in [6.07, 6.45) is 2.86. The van der Waals surface area contributed by atoms with Gasteiger partial charge in [-0.2, -0.15) is 0 Å². The maximum atomic E-state index is 12.6. The molecule has 0 saturated heterocycles. The van der Waals surface area contributed by atoms with Crippen molar-refractivity contribution in [2.24, 2.45) is 0 Å². The van der Waals surface area contributed by atoms with Gasteiger partial charge in [-0.3, -0.25) is 0 Å². The van der Waals surface area contributed by atoms with Gasteiger partial charge in [0.15, 0.2) is 0 Å². The second-order valence-corrected chi connectivity index (χ2v) is 8.64. The van der Waals surface area contributed by atoms with Crippen molar-refractivity contribution >= 4 is 87.6 Å². The van der Waals surface area contributed by atoms with Gasteiger partial charge in [-0.15, -0.1) is 0 Å². The SMILES string of the molecule is CCCCOC(=O)c1c(Br)c(Br)c(Br)c(Br)c1C(=O)OCCOC(=O)/C=C\C(=O)O. The summed E-state index contributed by atoms with van der Waals surface area (Å²) in [6.45, 7) is 1.53. The normalized spacial score (nSPS) is 10.7. The van der Waals surface area contributed by atoms with E-state index in [1.54, 1.807) is 0 Å². The molecule has 0 aliphatic carbocycles. The number of carbonyl (C=O) groups is 4. The van der Waals surface area contributed by atoms with Crippen molar-refractivity contribution in [3.63, 3.8) is 0 Å².